The van der Waals surface area contributed by atoms with Gasteiger partial charge in [-0.05, 0) is 36.3 Å². The van der Waals surface area contributed by atoms with E-state index in [0.29, 0.717) is 6.42 Å². The number of H-pyrrole nitrogens is 1. The number of sulfone groups is 1. The van der Waals surface area contributed by atoms with E-state index >= 15 is 0 Å². The largest absolute Gasteiger partial charge is 0.328 e. The maximum Gasteiger partial charge on any atom is 0.328 e. The lowest BCUT2D eigenvalue weighted by Crippen LogP contribution is -2.29. The fraction of sp³-hybridized carbons (Fsp3) is 0.412. The van der Waals surface area contributed by atoms with E-state index in [9.17, 15) is 18.0 Å². The molecule has 0 bridgehead atoms. The summed E-state index contributed by atoms with van der Waals surface area (Å²) in [6.07, 6.45) is 3.55. The molecule has 0 fully saturated rings. The van der Waals surface area contributed by atoms with Gasteiger partial charge in [0.2, 0.25) is 0 Å². The third-order valence-corrected chi connectivity index (χ3v) is 6.28. The van der Waals surface area contributed by atoms with E-state index in [1.165, 1.54) is 22.4 Å². The lowest BCUT2D eigenvalue weighted by molar-refractivity contribution is 0.573. The topological polar surface area (TPSA) is 89.0 Å². The van der Waals surface area contributed by atoms with Gasteiger partial charge in [0.1, 0.15) is 0 Å². The zero-order valence-electron chi connectivity index (χ0n) is 13.3. The summed E-state index contributed by atoms with van der Waals surface area (Å²) in [5, 5.41) is 0. The number of aryl methyl sites for hydroxylation is 2. The van der Waals surface area contributed by atoms with Crippen LogP contribution in [0.4, 0.5) is 0 Å². The third kappa shape index (κ3) is 3.84. The Balaban J connectivity index is 1.59. The molecule has 0 saturated carbocycles. The first kappa shape index (κ1) is 16.7. The summed E-state index contributed by atoms with van der Waals surface area (Å²) in [6.45, 7) is 0.274. The quantitative estimate of drug-likeness (QED) is 0.846. The number of aromatic amines is 1. The second kappa shape index (κ2) is 6.76. The molecule has 2 aromatic rings. The number of nitrogens with zero attached hydrogens (tertiary/aromatic N) is 1. The molecule has 1 aromatic heterocycles. The smallest absolute Gasteiger partial charge is 0.301 e. The number of aromatic nitrogens is 2. The van der Waals surface area contributed by atoms with Gasteiger partial charge in [0, 0.05) is 18.8 Å². The van der Waals surface area contributed by atoms with Gasteiger partial charge in [-0.3, -0.25) is 9.78 Å². The number of benzene rings is 1. The van der Waals surface area contributed by atoms with Crippen LogP contribution in [-0.2, 0) is 22.8 Å². The minimum atomic E-state index is -3.19. The van der Waals surface area contributed by atoms with Crippen molar-refractivity contribution in [3.63, 3.8) is 0 Å². The van der Waals surface area contributed by atoms with Crippen LogP contribution in [0.15, 0.2) is 46.1 Å². The van der Waals surface area contributed by atoms with E-state index in [0.717, 1.165) is 18.4 Å². The first-order chi connectivity index (χ1) is 11.4. The lowest BCUT2D eigenvalue weighted by atomic mass is 10.0. The third-order valence-electron chi connectivity index (χ3n) is 4.46. The highest BCUT2D eigenvalue weighted by atomic mass is 32.2. The number of fused-ring (bicyclic) bond motifs is 1. The van der Waals surface area contributed by atoms with Gasteiger partial charge < -0.3 is 4.57 Å². The van der Waals surface area contributed by atoms with Crippen molar-refractivity contribution < 1.29 is 8.42 Å². The van der Waals surface area contributed by atoms with E-state index in [4.69, 9.17) is 0 Å². The predicted octanol–water partition coefficient (Wildman–Crippen LogP) is 1.07. The lowest BCUT2D eigenvalue weighted by Gasteiger charge is -2.12. The highest BCUT2D eigenvalue weighted by molar-refractivity contribution is 7.91. The molecule has 1 N–H and O–H groups in total. The highest BCUT2D eigenvalue weighted by Gasteiger charge is 2.26. The molecule has 0 radical (unpaired) electrons. The molecule has 1 atom stereocenters. The second-order valence-electron chi connectivity index (χ2n) is 6.21. The van der Waals surface area contributed by atoms with E-state index in [2.05, 4.69) is 11.1 Å². The first-order valence-electron chi connectivity index (χ1n) is 8.03. The Kier molecular flexibility index (Phi) is 4.71. The summed E-state index contributed by atoms with van der Waals surface area (Å²) in [5.41, 5.74) is 1.43. The van der Waals surface area contributed by atoms with Crippen molar-refractivity contribution in [2.45, 2.75) is 31.7 Å². The van der Waals surface area contributed by atoms with Crippen LogP contribution in [0.5, 0.6) is 0 Å². The van der Waals surface area contributed by atoms with Gasteiger partial charge in [0.05, 0.1) is 11.5 Å². The Morgan fingerprint density at radius 1 is 1.17 bits per heavy atom. The number of rotatable bonds is 6. The van der Waals surface area contributed by atoms with Crippen molar-refractivity contribution in [3.05, 3.63) is 68.5 Å². The summed E-state index contributed by atoms with van der Waals surface area (Å²) in [7, 11) is -3.19. The van der Waals surface area contributed by atoms with E-state index in [1.807, 2.05) is 18.2 Å². The van der Waals surface area contributed by atoms with Crippen LogP contribution in [0.3, 0.4) is 0 Å². The molecule has 6 nitrogen and oxygen atoms in total. The molecular weight excluding hydrogens is 328 g/mol. The highest BCUT2D eigenvalue weighted by Crippen LogP contribution is 2.33. The zero-order valence-corrected chi connectivity index (χ0v) is 14.1. The predicted molar refractivity (Wildman–Crippen MR) is 92.1 cm³/mol. The molecule has 1 aliphatic rings. The molecule has 0 unspecified atom stereocenters. The molecule has 1 aliphatic carbocycles. The molecule has 3 rings (SSSR count). The molecule has 128 valence electrons. The van der Waals surface area contributed by atoms with Crippen LogP contribution >= 0.6 is 0 Å². The van der Waals surface area contributed by atoms with Gasteiger partial charge >= 0.3 is 5.69 Å². The second-order valence-corrected chi connectivity index (χ2v) is 8.43. The summed E-state index contributed by atoms with van der Waals surface area (Å²) in [4.78, 5) is 24.7. The van der Waals surface area contributed by atoms with Gasteiger partial charge in [-0.15, -0.1) is 0 Å². The number of hydrogen-bond donors (Lipinski definition) is 1. The standard InChI is InChI=1S/C17H20N2O4S/c20-16-8-10-19(17(21)18-16)9-3-11-24(22,23)12-14-7-6-13-4-1-2-5-15(13)14/h1-2,4-5,8,10,14H,3,6-7,9,11-12H2,(H,18,20,21)/t14-/m1/s1. The average molecular weight is 348 g/mol. The van der Waals surface area contributed by atoms with Crippen molar-refractivity contribution >= 4 is 9.84 Å². The van der Waals surface area contributed by atoms with Crippen molar-refractivity contribution in [2.24, 2.45) is 0 Å². The van der Waals surface area contributed by atoms with Crippen LogP contribution in [0.1, 0.15) is 29.9 Å². The van der Waals surface area contributed by atoms with E-state index < -0.39 is 21.1 Å². The summed E-state index contributed by atoms with van der Waals surface area (Å²) in [5.74, 6) is 0.267. The monoisotopic (exact) mass is 348 g/mol. The fourth-order valence-electron chi connectivity index (χ4n) is 3.28. The summed E-state index contributed by atoms with van der Waals surface area (Å²) in [6, 6.07) is 9.27. The van der Waals surface area contributed by atoms with Gasteiger partial charge in [0.25, 0.3) is 5.56 Å². The number of nitrogens with one attached hydrogen (secondary N) is 1. The molecular formula is C17H20N2O4S. The van der Waals surface area contributed by atoms with Crippen LogP contribution < -0.4 is 11.2 Å². The SMILES string of the molecule is O=c1ccn(CCCS(=O)(=O)C[C@H]2CCc3ccccc32)c(=O)[nH]1. The van der Waals surface area contributed by atoms with Gasteiger partial charge in [-0.1, -0.05) is 24.3 Å². The van der Waals surface area contributed by atoms with E-state index in [1.54, 1.807) is 0 Å². The molecule has 0 aliphatic heterocycles. The molecule has 0 spiro atoms. The Hall–Kier alpha value is -2.15. The molecule has 1 heterocycles. The Bertz CT molecular complexity index is 943. The molecule has 0 saturated heterocycles. The maximum absolute atomic E-state index is 12.4. The summed E-state index contributed by atoms with van der Waals surface area (Å²) >= 11 is 0. The van der Waals surface area contributed by atoms with Gasteiger partial charge in [-0.2, -0.15) is 0 Å². The summed E-state index contributed by atoms with van der Waals surface area (Å²) < 4.78 is 26.1. The fourth-order valence-corrected chi connectivity index (χ4v) is 4.98. The molecule has 0 amide bonds. The van der Waals surface area contributed by atoms with Gasteiger partial charge in [-0.25, -0.2) is 13.2 Å². The minimum Gasteiger partial charge on any atom is -0.301 e. The zero-order chi connectivity index (χ0) is 17.2. The van der Waals surface area contributed by atoms with Crippen LogP contribution in [0.2, 0.25) is 0 Å². The minimum absolute atomic E-state index is 0.0389. The number of hydrogen-bond acceptors (Lipinski definition) is 4. The van der Waals surface area contributed by atoms with E-state index in [-0.39, 0.29) is 24.0 Å². The van der Waals surface area contributed by atoms with Crippen LogP contribution in [0, 0.1) is 0 Å². The van der Waals surface area contributed by atoms with Gasteiger partial charge in [0.15, 0.2) is 9.84 Å². The Morgan fingerprint density at radius 3 is 2.75 bits per heavy atom. The van der Waals surface area contributed by atoms with Crippen molar-refractivity contribution in [2.75, 3.05) is 11.5 Å². The first-order valence-corrected chi connectivity index (χ1v) is 9.85. The van der Waals surface area contributed by atoms with Crippen LogP contribution in [-0.4, -0.2) is 29.5 Å². The van der Waals surface area contributed by atoms with Crippen molar-refractivity contribution in [3.8, 4) is 0 Å². The Morgan fingerprint density at radius 2 is 1.96 bits per heavy atom. The van der Waals surface area contributed by atoms with Crippen molar-refractivity contribution in [1.29, 1.82) is 0 Å². The Labute approximate surface area is 140 Å². The maximum atomic E-state index is 12.4. The average Bonchev–Trinajstić information content (AvgIpc) is 2.92. The molecule has 1 aromatic carbocycles. The van der Waals surface area contributed by atoms with Crippen LogP contribution in [0.25, 0.3) is 0 Å². The van der Waals surface area contributed by atoms with Crippen molar-refractivity contribution in [1.82, 2.24) is 9.55 Å². The molecule has 7 heteroatoms. The molecule has 24 heavy (non-hydrogen) atoms. The normalized spacial score (nSPS) is 16.9.